The van der Waals surface area contributed by atoms with Crippen LogP contribution in [0.15, 0.2) is 12.4 Å². The molecule has 0 N–H and O–H groups in total. The lowest BCUT2D eigenvalue weighted by atomic mass is 9.69. The van der Waals surface area contributed by atoms with Crippen LogP contribution >= 0.6 is 0 Å². The van der Waals surface area contributed by atoms with E-state index in [0.717, 1.165) is 50.3 Å². The van der Waals surface area contributed by atoms with Crippen molar-refractivity contribution in [1.82, 2.24) is 9.97 Å². The Morgan fingerprint density at radius 1 is 1.19 bits per heavy atom. The SMILES string of the molecule is CCCC[C@H]1CC[C@@](C#N)(c2ncc(CCC)cn2)CC1. The molecule has 1 aromatic rings. The Labute approximate surface area is 128 Å². The van der Waals surface area contributed by atoms with Gasteiger partial charge in [0.1, 0.15) is 11.2 Å². The minimum Gasteiger partial charge on any atom is -0.239 e. The number of hydrogen-bond donors (Lipinski definition) is 0. The highest BCUT2D eigenvalue weighted by Crippen LogP contribution is 2.41. The molecule has 2 rings (SSSR count). The standard InChI is InChI=1S/C18H27N3/c1-3-5-7-15-8-10-18(14-19,11-9-15)17-20-12-16(6-4-2)13-21-17/h12-13,15H,3-11H2,1-2H3/t15-,18+. The van der Waals surface area contributed by atoms with Crippen LogP contribution in [0.25, 0.3) is 0 Å². The predicted molar refractivity (Wildman–Crippen MR) is 84.8 cm³/mol. The van der Waals surface area contributed by atoms with E-state index in [1.165, 1.54) is 24.8 Å². The second kappa shape index (κ2) is 7.54. The van der Waals surface area contributed by atoms with Crippen molar-refractivity contribution >= 4 is 0 Å². The smallest absolute Gasteiger partial charge is 0.148 e. The van der Waals surface area contributed by atoms with Crippen molar-refractivity contribution in [3.8, 4) is 6.07 Å². The lowest BCUT2D eigenvalue weighted by Gasteiger charge is -2.33. The maximum absolute atomic E-state index is 9.70. The molecule has 0 aromatic carbocycles. The molecule has 114 valence electrons. The topological polar surface area (TPSA) is 49.6 Å². The van der Waals surface area contributed by atoms with Gasteiger partial charge in [0.2, 0.25) is 0 Å². The van der Waals surface area contributed by atoms with E-state index in [-0.39, 0.29) is 0 Å². The fraction of sp³-hybridized carbons (Fsp3) is 0.722. The summed E-state index contributed by atoms with van der Waals surface area (Å²) in [6.07, 6.45) is 14.0. The van der Waals surface area contributed by atoms with Crippen LogP contribution in [0.2, 0.25) is 0 Å². The molecule has 1 aromatic heterocycles. The van der Waals surface area contributed by atoms with E-state index in [0.29, 0.717) is 0 Å². The van der Waals surface area contributed by atoms with Gasteiger partial charge in [0.05, 0.1) is 6.07 Å². The summed E-state index contributed by atoms with van der Waals surface area (Å²) in [5.74, 6) is 1.55. The summed E-state index contributed by atoms with van der Waals surface area (Å²) in [5, 5.41) is 9.70. The molecule has 0 amide bonds. The zero-order valence-corrected chi connectivity index (χ0v) is 13.4. The fourth-order valence-corrected chi connectivity index (χ4v) is 3.36. The quantitative estimate of drug-likeness (QED) is 0.769. The van der Waals surface area contributed by atoms with Gasteiger partial charge in [-0.25, -0.2) is 9.97 Å². The van der Waals surface area contributed by atoms with Crippen LogP contribution in [-0.2, 0) is 11.8 Å². The van der Waals surface area contributed by atoms with Gasteiger partial charge in [0, 0.05) is 12.4 Å². The van der Waals surface area contributed by atoms with Crippen molar-refractivity contribution in [3.05, 3.63) is 23.8 Å². The summed E-state index contributed by atoms with van der Waals surface area (Å²) in [5.41, 5.74) is 0.735. The van der Waals surface area contributed by atoms with Crippen LogP contribution in [0.3, 0.4) is 0 Å². The molecule has 0 aliphatic heterocycles. The average molecular weight is 285 g/mol. The third-order valence-corrected chi connectivity index (χ3v) is 4.81. The monoisotopic (exact) mass is 285 g/mol. The van der Waals surface area contributed by atoms with Gasteiger partial charge < -0.3 is 0 Å². The van der Waals surface area contributed by atoms with Gasteiger partial charge in [0.25, 0.3) is 0 Å². The van der Waals surface area contributed by atoms with E-state index in [2.05, 4.69) is 29.9 Å². The van der Waals surface area contributed by atoms with Crippen molar-refractivity contribution in [2.24, 2.45) is 5.92 Å². The Hall–Kier alpha value is -1.43. The van der Waals surface area contributed by atoms with Crippen molar-refractivity contribution in [2.45, 2.75) is 77.0 Å². The average Bonchev–Trinajstić information content (AvgIpc) is 2.54. The lowest BCUT2D eigenvalue weighted by molar-refractivity contribution is 0.255. The molecule has 0 atom stereocenters. The first-order valence-corrected chi connectivity index (χ1v) is 8.46. The van der Waals surface area contributed by atoms with E-state index < -0.39 is 5.41 Å². The summed E-state index contributed by atoms with van der Waals surface area (Å²) in [6.45, 7) is 4.40. The summed E-state index contributed by atoms with van der Waals surface area (Å²) in [6, 6.07) is 2.54. The summed E-state index contributed by atoms with van der Waals surface area (Å²) in [7, 11) is 0. The number of hydrogen-bond acceptors (Lipinski definition) is 3. The third-order valence-electron chi connectivity index (χ3n) is 4.81. The van der Waals surface area contributed by atoms with E-state index in [1.807, 2.05) is 12.4 Å². The van der Waals surface area contributed by atoms with E-state index >= 15 is 0 Å². The van der Waals surface area contributed by atoms with Gasteiger partial charge in [-0.05, 0) is 43.6 Å². The van der Waals surface area contributed by atoms with E-state index in [9.17, 15) is 5.26 Å². The van der Waals surface area contributed by atoms with Crippen LogP contribution in [0, 0.1) is 17.2 Å². The Morgan fingerprint density at radius 3 is 2.38 bits per heavy atom. The number of aryl methyl sites for hydroxylation is 1. The molecule has 1 heterocycles. The highest BCUT2D eigenvalue weighted by Gasteiger charge is 2.39. The lowest BCUT2D eigenvalue weighted by Crippen LogP contribution is -2.32. The molecule has 1 fully saturated rings. The zero-order valence-electron chi connectivity index (χ0n) is 13.4. The van der Waals surface area contributed by atoms with Crippen molar-refractivity contribution in [1.29, 1.82) is 5.26 Å². The van der Waals surface area contributed by atoms with Gasteiger partial charge >= 0.3 is 0 Å². The van der Waals surface area contributed by atoms with Crippen LogP contribution in [0.5, 0.6) is 0 Å². The molecule has 0 spiro atoms. The van der Waals surface area contributed by atoms with Gasteiger partial charge in [0.15, 0.2) is 0 Å². The first-order chi connectivity index (χ1) is 10.2. The van der Waals surface area contributed by atoms with Gasteiger partial charge in [-0.15, -0.1) is 0 Å². The molecular formula is C18H27N3. The number of nitrogens with zero attached hydrogens (tertiary/aromatic N) is 3. The first-order valence-electron chi connectivity index (χ1n) is 8.46. The largest absolute Gasteiger partial charge is 0.239 e. The van der Waals surface area contributed by atoms with Crippen molar-refractivity contribution in [2.75, 3.05) is 0 Å². The van der Waals surface area contributed by atoms with Gasteiger partial charge in [-0.3, -0.25) is 0 Å². The second-order valence-electron chi connectivity index (χ2n) is 6.44. The normalized spacial score (nSPS) is 25.5. The Balaban J connectivity index is 2.04. The third kappa shape index (κ3) is 3.81. The zero-order chi connectivity index (χ0) is 15.1. The number of rotatable bonds is 6. The van der Waals surface area contributed by atoms with Crippen LogP contribution in [0.4, 0.5) is 0 Å². The molecule has 0 radical (unpaired) electrons. The molecule has 21 heavy (non-hydrogen) atoms. The highest BCUT2D eigenvalue weighted by molar-refractivity contribution is 5.22. The Kier molecular flexibility index (Phi) is 5.73. The summed E-state index contributed by atoms with van der Waals surface area (Å²) in [4.78, 5) is 9.04. The number of nitriles is 1. The minimum absolute atomic E-state index is 0.437. The van der Waals surface area contributed by atoms with Crippen LogP contribution < -0.4 is 0 Å². The first kappa shape index (κ1) is 15.9. The predicted octanol–water partition coefficient (Wildman–Crippen LogP) is 4.57. The van der Waals surface area contributed by atoms with E-state index in [4.69, 9.17) is 0 Å². The maximum Gasteiger partial charge on any atom is 0.148 e. The van der Waals surface area contributed by atoms with Crippen molar-refractivity contribution < 1.29 is 0 Å². The second-order valence-corrected chi connectivity index (χ2v) is 6.44. The molecular weight excluding hydrogens is 258 g/mol. The molecule has 1 saturated carbocycles. The molecule has 3 heteroatoms. The molecule has 0 bridgehead atoms. The molecule has 1 aliphatic rings. The van der Waals surface area contributed by atoms with Gasteiger partial charge in [-0.1, -0.05) is 39.5 Å². The molecule has 1 aliphatic carbocycles. The summed E-state index contributed by atoms with van der Waals surface area (Å²) >= 11 is 0. The molecule has 0 saturated heterocycles. The highest BCUT2D eigenvalue weighted by atomic mass is 14.9. The molecule has 0 unspecified atom stereocenters. The molecule has 3 nitrogen and oxygen atoms in total. The Bertz CT molecular complexity index is 464. The summed E-state index contributed by atoms with van der Waals surface area (Å²) < 4.78 is 0. The number of unbranched alkanes of at least 4 members (excludes halogenated alkanes) is 1. The van der Waals surface area contributed by atoms with E-state index in [1.54, 1.807) is 0 Å². The Morgan fingerprint density at radius 2 is 1.86 bits per heavy atom. The van der Waals surface area contributed by atoms with Gasteiger partial charge in [-0.2, -0.15) is 5.26 Å². The van der Waals surface area contributed by atoms with Crippen LogP contribution in [0.1, 0.15) is 76.6 Å². The number of aromatic nitrogens is 2. The van der Waals surface area contributed by atoms with Crippen LogP contribution in [-0.4, -0.2) is 9.97 Å². The van der Waals surface area contributed by atoms with Crippen molar-refractivity contribution in [3.63, 3.8) is 0 Å². The minimum atomic E-state index is -0.437. The maximum atomic E-state index is 9.70. The fourth-order valence-electron chi connectivity index (χ4n) is 3.36.